The van der Waals surface area contributed by atoms with Gasteiger partial charge in [-0.1, -0.05) is 34.6 Å². The Morgan fingerprint density at radius 2 is 1.82 bits per heavy atom. The molecule has 17 heavy (non-hydrogen) atoms. The van der Waals surface area contributed by atoms with Gasteiger partial charge in [-0.15, -0.1) is 0 Å². The van der Waals surface area contributed by atoms with Crippen molar-refractivity contribution in [3.05, 3.63) is 24.2 Å². The zero-order valence-corrected chi connectivity index (χ0v) is 11.9. The number of hydrogen-bond acceptors (Lipinski definition) is 2. The fraction of sp³-hybridized carbons (Fsp3) is 0.733. The van der Waals surface area contributed by atoms with Crippen LogP contribution in [0.25, 0.3) is 0 Å². The van der Waals surface area contributed by atoms with Gasteiger partial charge in [0.1, 0.15) is 5.76 Å². The molecule has 0 aliphatic carbocycles. The van der Waals surface area contributed by atoms with E-state index in [9.17, 15) is 0 Å². The molecule has 0 bridgehead atoms. The standard InChI is InChI=1S/C15H27NO/c1-6-14(15-8-7-9-17-15)16-10-13(11(2)3)12(4)5/h7-9,11-14,16H,6,10H2,1-5H3. The first-order valence-electron chi connectivity index (χ1n) is 6.83. The molecule has 0 aliphatic rings. The van der Waals surface area contributed by atoms with Crippen LogP contribution in [0.3, 0.4) is 0 Å². The van der Waals surface area contributed by atoms with Crippen molar-refractivity contribution in [1.29, 1.82) is 0 Å². The van der Waals surface area contributed by atoms with Crippen LogP contribution in [0.5, 0.6) is 0 Å². The molecular formula is C15H27NO. The minimum atomic E-state index is 0.352. The van der Waals surface area contributed by atoms with Gasteiger partial charge >= 0.3 is 0 Å². The van der Waals surface area contributed by atoms with Gasteiger partial charge in [0, 0.05) is 0 Å². The van der Waals surface area contributed by atoms with Gasteiger partial charge in [0.25, 0.3) is 0 Å². The van der Waals surface area contributed by atoms with Crippen molar-refractivity contribution < 1.29 is 4.42 Å². The van der Waals surface area contributed by atoms with Crippen LogP contribution in [0.4, 0.5) is 0 Å². The van der Waals surface area contributed by atoms with Crippen LogP contribution < -0.4 is 5.32 Å². The van der Waals surface area contributed by atoms with Crippen LogP contribution in [0, 0.1) is 17.8 Å². The molecule has 98 valence electrons. The number of furan rings is 1. The molecular weight excluding hydrogens is 210 g/mol. The van der Waals surface area contributed by atoms with Crippen LogP contribution >= 0.6 is 0 Å². The summed E-state index contributed by atoms with van der Waals surface area (Å²) in [4.78, 5) is 0. The molecule has 1 rings (SSSR count). The molecule has 1 aromatic heterocycles. The molecule has 1 unspecified atom stereocenters. The third-order valence-corrected chi connectivity index (χ3v) is 3.61. The van der Waals surface area contributed by atoms with E-state index < -0.39 is 0 Å². The zero-order valence-electron chi connectivity index (χ0n) is 11.9. The summed E-state index contributed by atoms with van der Waals surface area (Å²) >= 11 is 0. The maximum absolute atomic E-state index is 5.48. The molecule has 0 aromatic carbocycles. The summed E-state index contributed by atoms with van der Waals surface area (Å²) in [5, 5.41) is 3.64. The van der Waals surface area contributed by atoms with Crippen molar-refractivity contribution in [3.63, 3.8) is 0 Å². The predicted molar refractivity (Wildman–Crippen MR) is 72.9 cm³/mol. The molecule has 1 atom stereocenters. The van der Waals surface area contributed by atoms with E-state index in [1.54, 1.807) is 6.26 Å². The smallest absolute Gasteiger partial charge is 0.120 e. The lowest BCUT2D eigenvalue weighted by Gasteiger charge is -2.27. The summed E-state index contributed by atoms with van der Waals surface area (Å²) < 4.78 is 5.48. The van der Waals surface area contributed by atoms with E-state index in [2.05, 4.69) is 46.0 Å². The second-order valence-electron chi connectivity index (χ2n) is 5.54. The van der Waals surface area contributed by atoms with Crippen LogP contribution in [0.2, 0.25) is 0 Å². The molecule has 1 N–H and O–H groups in total. The van der Waals surface area contributed by atoms with Crippen molar-refractivity contribution in [3.8, 4) is 0 Å². The van der Waals surface area contributed by atoms with E-state index in [0.29, 0.717) is 6.04 Å². The van der Waals surface area contributed by atoms with Crippen LogP contribution in [-0.2, 0) is 0 Å². The Kier molecular flexibility index (Phi) is 5.76. The third kappa shape index (κ3) is 4.19. The third-order valence-electron chi connectivity index (χ3n) is 3.61. The molecule has 0 saturated heterocycles. The highest BCUT2D eigenvalue weighted by Crippen LogP contribution is 2.22. The number of hydrogen-bond donors (Lipinski definition) is 1. The maximum atomic E-state index is 5.48. The zero-order chi connectivity index (χ0) is 12.8. The minimum Gasteiger partial charge on any atom is -0.468 e. The van der Waals surface area contributed by atoms with Crippen molar-refractivity contribution in [2.45, 2.75) is 47.1 Å². The van der Waals surface area contributed by atoms with Gasteiger partial charge in [0.05, 0.1) is 12.3 Å². The Hall–Kier alpha value is -0.760. The summed E-state index contributed by atoms with van der Waals surface area (Å²) in [7, 11) is 0. The summed E-state index contributed by atoms with van der Waals surface area (Å²) in [5.74, 6) is 3.21. The first kappa shape index (κ1) is 14.3. The fourth-order valence-electron chi connectivity index (χ4n) is 2.46. The Balaban J connectivity index is 2.52. The highest BCUT2D eigenvalue weighted by atomic mass is 16.3. The molecule has 0 saturated carbocycles. The summed E-state index contributed by atoms with van der Waals surface area (Å²) in [5.41, 5.74) is 0. The monoisotopic (exact) mass is 237 g/mol. The van der Waals surface area contributed by atoms with Gasteiger partial charge in [-0.05, 0) is 42.9 Å². The Morgan fingerprint density at radius 3 is 2.24 bits per heavy atom. The predicted octanol–water partition coefficient (Wildman–Crippen LogP) is 4.25. The molecule has 2 heteroatoms. The lowest BCUT2D eigenvalue weighted by atomic mass is 9.85. The molecule has 1 heterocycles. The molecule has 0 spiro atoms. The highest BCUT2D eigenvalue weighted by molar-refractivity contribution is 5.04. The van der Waals surface area contributed by atoms with Crippen LogP contribution in [0.1, 0.15) is 52.8 Å². The summed E-state index contributed by atoms with van der Waals surface area (Å²) in [6.45, 7) is 12.5. The summed E-state index contributed by atoms with van der Waals surface area (Å²) in [6, 6.07) is 4.37. The Bertz CT molecular complexity index is 282. The van der Waals surface area contributed by atoms with Crippen LogP contribution in [-0.4, -0.2) is 6.54 Å². The largest absolute Gasteiger partial charge is 0.468 e. The van der Waals surface area contributed by atoms with Gasteiger partial charge in [0.15, 0.2) is 0 Å². The molecule has 2 nitrogen and oxygen atoms in total. The molecule has 0 fully saturated rings. The van der Waals surface area contributed by atoms with E-state index in [0.717, 1.165) is 36.5 Å². The van der Waals surface area contributed by atoms with Gasteiger partial charge in [-0.25, -0.2) is 0 Å². The average Bonchev–Trinajstić information content (AvgIpc) is 2.76. The molecule has 0 radical (unpaired) electrons. The minimum absolute atomic E-state index is 0.352. The topological polar surface area (TPSA) is 25.2 Å². The molecule has 1 aromatic rings. The van der Waals surface area contributed by atoms with Gasteiger partial charge in [-0.3, -0.25) is 0 Å². The van der Waals surface area contributed by atoms with Crippen molar-refractivity contribution >= 4 is 0 Å². The van der Waals surface area contributed by atoms with Gasteiger partial charge in [0.2, 0.25) is 0 Å². The quantitative estimate of drug-likeness (QED) is 0.767. The van der Waals surface area contributed by atoms with Crippen molar-refractivity contribution in [2.75, 3.05) is 6.54 Å². The Labute approximate surface area is 106 Å². The van der Waals surface area contributed by atoms with Crippen molar-refractivity contribution in [1.82, 2.24) is 5.32 Å². The molecule has 0 aliphatic heterocycles. The Morgan fingerprint density at radius 1 is 1.18 bits per heavy atom. The first-order valence-corrected chi connectivity index (χ1v) is 6.83. The van der Waals surface area contributed by atoms with E-state index in [4.69, 9.17) is 4.42 Å². The highest BCUT2D eigenvalue weighted by Gasteiger charge is 2.19. The van der Waals surface area contributed by atoms with E-state index in [1.807, 2.05) is 6.07 Å². The number of rotatable bonds is 7. The van der Waals surface area contributed by atoms with Crippen LogP contribution in [0.15, 0.2) is 22.8 Å². The fourth-order valence-corrected chi connectivity index (χ4v) is 2.46. The number of nitrogens with one attached hydrogen (secondary N) is 1. The van der Waals surface area contributed by atoms with E-state index in [-0.39, 0.29) is 0 Å². The van der Waals surface area contributed by atoms with Gasteiger partial charge in [-0.2, -0.15) is 0 Å². The van der Waals surface area contributed by atoms with E-state index >= 15 is 0 Å². The van der Waals surface area contributed by atoms with Gasteiger partial charge < -0.3 is 9.73 Å². The molecule has 0 amide bonds. The van der Waals surface area contributed by atoms with E-state index in [1.165, 1.54) is 0 Å². The maximum Gasteiger partial charge on any atom is 0.120 e. The summed E-state index contributed by atoms with van der Waals surface area (Å²) in [6.07, 6.45) is 2.82. The SMILES string of the molecule is CCC(NCC(C(C)C)C(C)C)c1ccco1. The normalized spacial score (nSPS) is 13.9. The second-order valence-corrected chi connectivity index (χ2v) is 5.54. The lowest BCUT2D eigenvalue weighted by Crippen LogP contribution is -2.32. The average molecular weight is 237 g/mol. The second kappa shape index (κ2) is 6.85. The first-order chi connectivity index (χ1) is 8.06. The lowest BCUT2D eigenvalue weighted by molar-refractivity contribution is 0.257. The van der Waals surface area contributed by atoms with Crippen molar-refractivity contribution in [2.24, 2.45) is 17.8 Å².